The first kappa shape index (κ1) is 14.1. The van der Waals surface area contributed by atoms with Gasteiger partial charge in [0.05, 0.1) is 0 Å². The maximum Gasteiger partial charge on any atom is 0.328 e. The Labute approximate surface area is 119 Å². The van der Waals surface area contributed by atoms with E-state index in [1.807, 2.05) is 55.5 Å². The van der Waals surface area contributed by atoms with Crippen LogP contribution in [-0.2, 0) is 11.2 Å². The Balaban J connectivity index is 2.47. The second kappa shape index (κ2) is 6.20. The molecule has 0 amide bonds. The quantitative estimate of drug-likeness (QED) is 0.847. The number of aryl methyl sites for hydroxylation is 2. The first-order valence-electron chi connectivity index (χ1n) is 6.71. The van der Waals surface area contributed by atoms with Gasteiger partial charge in [-0.2, -0.15) is 0 Å². The Morgan fingerprint density at radius 3 is 1.95 bits per heavy atom. The summed E-state index contributed by atoms with van der Waals surface area (Å²) >= 11 is 0. The first-order valence-corrected chi connectivity index (χ1v) is 6.71. The third-order valence-electron chi connectivity index (χ3n) is 3.30. The summed E-state index contributed by atoms with van der Waals surface area (Å²) in [5, 5.41) is 9.09. The summed E-state index contributed by atoms with van der Waals surface area (Å²) in [6.45, 7) is 4.11. The third-order valence-corrected chi connectivity index (χ3v) is 3.30. The van der Waals surface area contributed by atoms with Crippen LogP contribution in [0.4, 0.5) is 0 Å². The van der Waals surface area contributed by atoms with Crippen LogP contribution in [0.1, 0.15) is 29.2 Å². The molecule has 0 aliphatic carbocycles. The summed E-state index contributed by atoms with van der Waals surface area (Å²) in [6.07, 6.45) is 2.24. The second-order valence-electron chi connectivity index (χ2n) is 4.81. The average molecular weight is 266 g/mol. The SMILES string of the molecule is CCc1ccc(/C(=C/C(=O)O)c2ccc(C)cc2)cc1. The van der Waals surface area contributed by atoms with E-state index < -0.39 is 5.97 Å². The van der Waals surface area contributed by atoms with Crippen LogP contribution in [0.3, 0.4) is 0 Å². The number of hydrogen-bond acceptors (Lipinski definition) is 1. The van der Waals surface area contributed by atoms with Crippen LogP contribution in [0, 0.1) is 6.92 Å². The number of benzene rings is 2. The van der Waals surface area contributed by atoms with E-state index in [9.17, 15) is 4.79 Å². The molecule has 2 aromatic rings. The summed E-state index contributed by atoms with van der Waals surface area (Å²) < 4.78 is 0. The summed E-state index contributed by atoms with van der Waals surface area (Å²) in [6, 6.07) is 15.9. The molecule has 2 nitrogen and oxygen atoms in total. The lowest BCUT2D eigenvalue weighted by atomic mass is 9.95. The summed E-state index contributed by atoms with van der Waals surface area (Å²) in [7, 11) is 0. The zero-order valence-electron chi connectivity index (χ0n) is 11.8. The van der Waals surface area contributed by atoms with Gasteiger partial charge in [0.15, 0.2) is 0 Å². The largest absolute Gasteiger partial charge is 0.478 e. The van der Waals surface area contributed by atoms with Crippen molar-refractivity contribution < 1.29 is 9.90 Å². The molecule has 102 valence electrons. The monoisotopic (exact) mass is 266 g/mol. The lowest BCUT2D eigenvalue weighted by Gasteiger charge is -2.09. The number of aliphatic carboxylic acids is 1. The van der Waals surface area contributed by atoms with Gasteiger partial charge < -0.3 is 5.11 Å². The van der Waals surface area contributed by atoms with Crippen molar-refractivity contribution in [1.82, 2.24) is 0 Å². The predicted octanol–water partition coefficient (Wildman–Crippen LogP) is 4.07. The molecular weight excluding hydrogens is 248 g/mol. The van der Waals surface area contributed by atoms with Crippen molar-refractivity contribution in [3.8, 4) is 0 Å². The van der Waals surface area contributed by atoms with Crippen LogP contribution < -0.4 is 0 Å². The number of hydrogen-bond donors (Lipinski definition) is 1. The fourth-order valence-electron chi connectivity index (χ4n) is 2.11. The smallest absolute Gasteiger partial charge is 0.328 e. The van der Waals surface area contributed by atoms with Gasteiger partial charge in [-0.05, 0) is 35.6 Å². The van der Waals surface area contributed by atoms with E-state index in [4.69, 9.17) is 5.11 Å². The molecule has 0 heterocycles. The highest BCUT2D eigenvalue weighted by molar-refractivity contribution is 5.95. The van der Waals surface area contributed by atoms with Crippen LogP contribution in [0.2, 0.25) is 0 Å². The molecule has 0 unspecified atom stereocenters. The van der Waals surface area contributed by atoms with Crippen LogP contribution in [0.5, 0.6) is 0 Å². The van der Waals surface area contributed by atoms with Gasteiger partial charge in [0, 0.05) is 6.08 Å². The Morgan fingerprint density at radius 1 is 1.00 bits per heavy atom. The van der Waals surface area contributed by atoms with Gasteiger partial charge >= 0.3 is 5.97 Å². The highest BCUT2D eigenvalue weighted by Crippen LogP contribution is 2.24. The van der Waals surface area contributed by atoms with Gasteiger partial charge in [-0.15, -0.1) is 0 Å². The van der Waals surface area contributed by atoms with Crippen LogP contribution in [-0.4, -0.2) is 11.1 Å². The lowest BCUT2D eigenvalue weighted by molar-refractivity contribution is -0.131. The van der Waals surface area contributed by atoms with Crippen molar-refractivity contribution in [2.45, 2.75) is 20.3 Å². The molecule has 0 aromatic heterocycles. The zero-order chi connectivity index (χ0) is 14.5. The highest BCUT2D eigenvalue weighted by Gasteiger charge is 2.07. The minimum absolute atomic E-state index is 0.736. The van der Waals surface area contributed by atoms with E-state index in [0.29, 0.717) is 0 Å². The molecule has 0 fully saturated rings. The van der Waals surface area contributed by atoms with Gasteiger partial charge in [0.1, 0.15) is 0 Å². The Bertz CT molecular complexity index is 619. The standard InChI is InChI=1S/C18H18O2/c1-3-14-6-10-16(11-7-14)17(12-18(19)20)15-8-4-13(2)5-9-15/h4-12H,3H2,1-2H3,(H,19,20)/b17-12+. The molecule has 2 rings (SSSR count). The van der Waals surface area contributed by atoms with Crippen molar-refractivity contribution in [1.29, 1.82) is 0 Å². The minimum atomic E-state index is -0.930. The van der Waals surface area contributed by atoms with E-state index >= 15 is 0 Å². The first-order chi connectivity index (χ1) is 9.60. The van der Waals surface area contributed by atoms with Gasteiger partial charge in [-0.25, -0.2) is 4.79 Å². The van der Waals surface area contributed by atoms with E-state index in [-0.39, 0.29) is 0 Å². The molecule has 0 aliphatic heterocycles. The summed E-state index contributed by atoms with van der Waals surface area (Å²) in [4.78, 5) is 11.1. The molecule has 2 aromatic carbocycles. The second-order valence-corrected chi connectivity index (χ2v) is 4.81. The molecule has 1 N–H and O–H groups in total. The summed E-state index contributed by atoms with van der Waals surface area (Å²) in [5.74, 6) is -0.930. The molecule has 2 heteroatoms. The fourth-order valence-corrected chi connectivity index (χ4v) is 2.11. The molecule has 0 spiro atoms. The molecule has 0 saturated carbocycles. The molecule has 0 bridgehead atoms. The van der Waals surface area contributed by atoms with Crippen molar-refractivity contribution in [2.75, 3.05) is 0 Å². The summed E-state index contributed by atoms with van der Waals surface area (Å²) in [5.41, 5.74) is 4.98. The van der Waals surface area contributed by atoms with Crippen molar-refractivity contribution in [3.63, 3.8) is 0 Å². The minimum Gasteiger partial charge on any atom is -0.478 e. The molecule has 0 radical (unpaired) electrons. The van der Waals surface area contributed by atoms with Crippen molar-refractivity contribution >= 4 is 11.5 Å². The molecule has 20 heavy (non-hydrogen) atoms. The Morgan fingerprint density at radius 2 is 1.50 bits per heavy atom. The topological polar surface area (TPSA) is 37.3 Å². The highest BCUT2D eigenvalue weighted by atomic mass is 16.4. The van der Waals surface area contributed by atoms with E-state index in [1.54, 1.807) is 0 Å². The third kappa shape index (κ3) is 3.35. The van der Waals surface area contributed by atoms with Gasteiger partial charge in [0.2, 0.25) is 0 Å². The number of rotatable bonds is 4. The predicted molar refractivity (Wildman–Crippen MR) is 81.7 cm³/mol. The number of carboxylic acid groups (broad SMARTS) is 1. The molecule has 0 aliphatic rings. The molecular formula is C18H18O2. The fraction of sp³-hybridized carbons (Fsp3) is 0.167. The molecule has 0 atom stereocenters. The Kier molecular flexibility index (Phi) is 4.36. The van der Waals surface area contributed by atoms with Crippen LogP contribution >= 0.6 is 0 Å². The average Bonchev–Trinajstić information content (AvgIpc) is 2.46. The van der Waals surface area contributed by atoms with Crippen LogP contribution in [0.25, 0.3) is 5.57 Å². The van der Waals surface area contributed by atoms with Gasteiger partial charge in [-0.1, -0.05) is 61.0 Å². The van der Waals surface area contributed by atoms with Crippen LogP contribution in [0.15, 0.2) is 54.6 Å². The van der Waals surface area contributed by atoms with E-state index in [0.717, 1.165) is 28.7 Å². The normalized spacial score (nSPS) is 11.4. The van der Waals surface area contributed by atoms with Crippen molar-refractivity contribution in [2.24, 2.45) is 0 Å². The van der Waals surface area contributed by atoms with Crippen molar-refractivity contribution in [3.05, 3.63) is 76.9 Å². The molecule has 0 saturated heterocycles. The van der Waals surface area contributed by atoms with E-state index in [2.05, 4.69) is 6.92 Å². The Hall–Kier alpha value is -2.35. The zero-order valence-corrected chi connectivity index (χ0v) is 11.8. The maximum absolute atomic E-state index is 11.1. The van der Waals surface area contributed by atoms with Gasteiger partial charge in [-0.3, -0.25) is 0 Å². The lowest BCUT2D eigenvalue weighted by Crippen LogP contribution is -1.95. The number of carbonyl (C=O) groups is 1. The number of carboxylic acids is 1. The van der Waals surface area contributed by atoms with Gasteiger partial charge in [0.25, 0.3) is 0 Å². The van der Waals surface area contributed by atoms with E-state index in [1.165, 1.54) is 11.6 Å². The maximum atomic E-state index is 11.1.